The molecule has 0 bridgehead atoms. The molecule has 6 nitrogen and oxygen atoms in total. The molecule has 1 heterocycles. The van der Waals surface area contributed by atoms with Gasteiger partial charge in [-0.1, -0.05) is 40.9 Å². The van der Waals surface area contributed by atoms with E-state index in [-0.39, 0.29) is 11.5 Å². The van der Waals surface area contributed by atoms with Crippen LogP contribution in [-0.4, -0.2) is 26.8 Å². The summed E-state index contributed by atoms with van der Waals surface area (Å²) in [6.45, 7) is 1.38. The first kappa shape index (κ1) is 19.3. The first-order chi connectivity index (χ1) is 11.8. The zero-order valence-electron chi connectivity index (χ0n) is 13.0. The number of aromatic nitrogens is 1. The molecule has 1 atom stereocenters. The van der Waals surface area contributed by atoms with Crippen molar-refractivity contribution in [2.24, 2.45) is 0 Å². The highest BCUT2D eigenvalue weighted by Gasteiger charge is 2.36. The van der Waals surface area contributed by atoms with Crippen LogP contribution in [0, 0.1) is 0 Å². The fraction of sp³-hybridized carbons (Fsp3) is 0.188. The number of nitrogens with zero attached hydrogens (tertiary/aromatic N) is 1. The first-order valence-corrected chi connectivity index (χ1v) is 8.21. The summed E-state index contributed by atoms with van der Waals surface area (Å²) in [7, 11) is 0. The minimum atomic E-state index is -1.93. The number of carbonyl (C=O) groups is 2. The number of anilines is 1. The molecule has 9 heteroatoms. The van der Waals surface area contributed by atoms with Crippen LogP contribution < -0.4 is 15.4 Å². The van der Waals surface area contributed by atoms with Gasteiger partial charge in [-0.3, -0.25) is 14.6 Å². The third kappa shape index (κ3) is 6.08. The Hall–Kier alpha value is -2.02. The summed E-state index contributed by atoms with van der Waals surface area (Å²) < 4.78 is 3.67. The van der Waals surface area contributed by atoms with Gasteiger partial charge in [0, 0.05) is 31.1 Å². The van der Waals surface area contributed by atoms with Gasteiger partial charge in [-0.2, -0.15) is 0 Å². The molecule has 0 aliphatic rings. The van der Waals surface area contributed by atoms with E-state index in [4.69, 9.17) is 39.5 Å². The molecule has 0 aliphatic carbocycles. The maximum atomic E-state index is 12.2. The average molecular weight is 403 g/mol. The van der Waals surface area contributed by atoms with Crippen molar-refractivity contribution in [3.8, 4) is 5.75 Å². The summed E-state index contributed by atoms with van der Waals surface area (Å²) in [4.78, 5) is 27.2. The molecule has 0 fully saturated rings. The molecule has 0 spiro atoms. The number of pyridine rings is 1. The van der Waals surface area contributed by atoms with Crippen molar-refractivity contribution < 1.29 is 14.3 Å². The summed E-state index contributed by atoms with van der Waals surface area (Å²) in [5, 5.41) is 5.11. The Morgan fingerprint density at radius 3 is 2.56 bits per heavy atom. The Kier molecular flexibility index (Phi) is 6.47. The van der Waals surface area contributed by atoms with E-state index < -0.39 is 15.9 Å². The number of nitrogens with one attached hydrogen (secondary N) is 2. The fourth-order valence-corrected chi connectivity index (χ4v) is 2.16. The minimum absolute atomic E-state index is 0.236. The van der Waals surface area contributed by atoms with Crippen molar-refractivity contribution in [1.82, 2.24) is 10.3 Å². The highest BCUT2D eigenvalue weighted by molar-refractivity contribution is 6.68. The lowest BCUT2D eigenvalue weighted by Gasteiger charge is -2.26. The van der Waals surface area contributed by atoms with E-state index in [1.165, 1.54) is 19.3 Å². The van der Waals surface area contributed by atoms with Gasteiger partial charge in [-0.15, -0.1) is 0 Å². The summed E-state index contributed by atoms with van der Waals surface area (Å²) in [6.07, 6.45) is 1.65. The maximum absolute atomic E-state index is 12.2. The second-order valence-electron chi connectivity index (χ2n) is 4.96. The third-order valence-corrected chi connectivity index (χ3v) is 3.49. The van der Waals surface area contributed by atoms with Crippen LogP contribution in [-0.2, 0) is 4.79 Å². The lowest BCUT2D eigenvalue weighted by Crippen LogP contribution is -2.47. The van der Waals surface area contributed by atoms with Crippen molar-refractivity contribution in [2.45, 2.75) is 16.9 Å². The lowest BCUT2D eigenvalue weighted by molar-refractivity contribution is -0.114. The van der Waals surface area contributed by atoms with Gasteiger partial charge in [0.1, 0.15) is 5.75 Å². The van der Waals surface area contributed by atoms with E-state index in [0.29, 0.717) is 11.4 Å². The van der Waals surface area contributed by atoms with Gasteiger partial charge in [-0.25, -0.2) is 0 Å². The van der Waals surface area contributed by atoms with E-state index in [1.54, 1.807) is 36.4 Å². The van der Waals surface area contributed by atoms with E-state index in [2.05, 4.69) is 15.6 Å². The monoisotopic (exact) mass is 401 g/mol. The Bertz CT molecular complexity index is 751. The maximum Gasteiger partial charge on any atom is 0.255 e. The van der Waals surface area contributed by atoms with Crippen LogP contribution in [0.3, 0.4) is 0 Å². The van der Waals surface area contributed by atoms with Crippen LogP contribution in [0.15, 0.2) is 48.8 Å². The predicted molar refractivity (Wildman–Crippen MR) is 97.2 cm³/mol. The second-order valence-corrected chi connectivity index (χ2v) is 7.33. The van der Waals surface area contributed by atoms with Gasteiger partial charge < -0.3 is 15.4 Å². The topological polar surface area (TPSA) is 80.3 Å². The first-order valence-electron chi connectivity index (χ1n) is 7.07. The summed E-state index contributed by atoms with van der Waals surface area (Å²) in [6, 6.07) is 9.64. The Morgan fingerprint density at radius 1 is 1.20 bits per heavy atom. The number of halogens is 3. The van der Waals surface area contributed by atoms with Crippen LogP contribution in [0.25, 0.3) is 0 Å². The summed E-state index contributed by atoms with van der Waals surface area (Å²) >= 11 is 17.7. The number of alkyl halides is 3. The number of hydrogen-bond acceptors (Lipinski definition) is 4. The van der Waals surface area contributed by atoms with Crippen molar-refractivity contribution in [3.63, 3.8) is 0 Å². The lowest BCUT2D eigenvalue weighted by atomic mass is 10.2. The van der Waals surface area contributed by atoms with Gasteiger partial charge in [0.2, 0.25) is 15.9 Å². The molecule has 1 aromatic heterocycles. The van der Waals surface area contributed by atoms with Gasteiger partial charge in [0.25, 0.3) is 5.91 Å². The Morgan fingerprint density at radius 2 is 1.96 bits per heavy atom. The van der Waals surface area contributed by atoms with Gasteiger partial charge in [0.05, 0.1) is 5.56 Å². The van der Waals surface area contributed by atoms with Gasteiger partial charge in [-0.05, 0) is 24.3 Å². The second kappa shape index (κ2) is 8.38. The van der Waals surface area contributed by atoms with E-state index in [0.717, 1.165) is 0 Å². The summed E-state index contributed by atoms with van der Waals surface area (Å²) in [5.41, 5.74) is 0.795. The third-order valence-electron chi connectivity index (χ3n) is 2.89. The number of amides is 2. The molecular weight excluding hydrogens is 389 g/mol. The van der Waals surface area contributed by atoms with Crippen molar-refractivity contribution in [1.29, 1.82) is 0 Å². The number of benzene rings is 1. The highest BCUT2D eigenvalue weighted by atomic mass is 35.6. The molecule has 25 heavy (non-hydrogen) atoms. The molecule has 2 amide bonds. The van der Waals surface area contributed by atoms with E-state index in [9.17, 15) is 9.59 Å². The van der Waals surface area contributed by atoms with Crippen LogP contribution in [0.1, 0.15) is 17.3 Å². The van der Waals surface area contributed by atoms with Crippen LogP contribution in [0.2, 0.25) is 0 Å². The molecule has 0 unspecified atom stereocenters. The molecule has 2 N–H and O–H groups in total. The molecule has 0 radical (unpaired) electrons. The fourth-order valence-electron chi connectivity index (χ4n) is 1.86. The average Bonchev–Trinajstić information content (AvgIpc) is 2.54. The molecule has 0 aliphatic heterocycles. The zero-order valence-corrected chi connectivity index (χ0v) is 15.3. The molecule has 2 rings (SSSR count). The number of ether oxygens (including phenoxy) is 1. The van der Waals surface area contributed by atoms with Crippen molar-refractivity contribution in [2.75, 3.05) is 5.32 Å². The van der Waals surface area contributed by atoms with Crippen molar-refractivity contribution >= 4 is 52.3 Å². The van der Waals surface area contributed by atoms with Crippen LogP contribution in [0.4, 0.5) is 5.69 Å². The molecule has 0 saturated carbocycles. The summed E-state index contributed by atoms with van der Waals surface area (Å²) in [5.74, 6) is -0.448. The smallest absolute Gasteiger partial charge is 0.255 e. The van der Waals surface area contributed by atoms with Gasteiger partial charge >= 0.3 is 0 Å². The minimum Gasteiger partial charge on any atom is -0.466 e. The largest absolute Gasteiger partial charge is 0.466 e. The number of rotatable bonds is 5. The molecular formula is C16H14Cl3N3O3. The quantitative estimate of drug-likeness (QED) is 0.592. The standard InChI is InChI=1S/C16H14Cl3N3O3/c1-10(23)21-12-5-2-6-13(8-12)25-15(16(17,18)19)22-14(24)11-4-3-7-20-9-11/h2-9,15H,1H3,(H,21,23)(H,22,24)/t15-/m0/s1. The zero-order chi connectivity index (χ0) is 18.4. The van der Waals surface area contributed by atoms with Crippen LogP contribution >= 0.6 is 34.8 Å². The predicted octanol–water partition coefficient (Wildman–Crippen LogP) is 3.55. The molecule has 132 valence electrons. The number of hydrogen-bond donors (Lipinski definition) is 2. The molecule has 0 saturated heterocycles. The van der Waals surface area contributed by atoms with Crippen molar-refractivity contribution in [3.05, 3.63) is 54.4 Å². The van der Waals surface area contributed by atoms with E-state index >= 15 is 0 Å². The molecule has 2 aromatic rings. The Labute approximate surface area is 159 Å². The van der Waals surface area contributed by atoms with E-state index in [1.807, 2.05) is 0 Å². The molecule has 1 aromatic carbocycles. The normalized spacial score (nSPS) is 12.2. The van der Waals surface area contributed by atoms with Gasteiger partial charge in [0.15, 0.2) is 0 Å². The number of carbonyl (C=O) groups excluding carboxylic acids is 2. The van der Waals surface area contributed by atoms with Crippen LogP contribution in [0.5, 0.6) is 5.75 Å². The highest BCUT2D eigenvalue weighted by Crippen LogP contribution is 2.32. The SMILES string of the molecule is CC(=O)Nc1cccc(O[C@H](NC(=O)c2cccnc2)C(Cl)(Cl)Cl)c1. The Balaban J connectivity index is 2.16.